The molecule has 0 atom stereocenters. The van der Waals surface area contributed by atoms with E-state index in [9.17, 15) is 0 Å². The van der Waals surface area contributed by atoms with E-state index in [0.717, 1.165) is 11.4 Å². The van der Waals surface area contributed by atoms with Crippen molar-refractivity contribution in [2.24, 2.45) is 0 Å². The zero-order valence-electron chi connectivity index (χ0n) is 6.40. The van der Waals surface area contributed by atoms with Crippen molar-refractivity contribution in [2.45, 2.75) is 0 Å². The molecule has 0 saturated carbocycles. The predicted octanol–water partition coefficient (Wildman–Crippen LogP) is 2.17. The Morgan fingerprint density at radius 1 is 1.33 bits per heavy atom. The van der Waals surface area contributed by atoms with Crippen LogP contribution in [0.1, 0.15) is 11.4 Å². The van der Waals surface area contributed by atoms with Crippen molar-refractivity contribution in [1.82, 2.24) is 10.1 Å². The first-order valence-electron chi connectivity index (χ1n) is 3.67. The number of nitrogens with zero attached hydrogens (tertiary/aromatic N) is 1. The third kappa shape index (κ3) is 1.45. The maximum absolute atomic E-state index is 4.67. The summed E-state index contributed by atoms with van der Waals surface area (Å²) in [5.41, 5.74) is 1.88. The highest BCUT2D eigenvalue weighted by molar-refractivity contribution is 5.65. The van der Waals surface area contributed by atoms with E-state index in [4.69, 9.17) is 0 Å². The molecule has 1 N–H and O–H groups in total. The summed E-state index contributed by atoms with van der Waals surface area (Å²) in [6.07, 6.45) is 7.25. The van der Waals surface area contributed by atoms with Crippen molar-refractivity contribution in [3.05, 3.63) is 42.0 Å². The fraction of sp³-hybridized carbons (Fsp3) is 0. The van der Waals surface area contributed by atoms with Crippen molar-refractivity contribution in [2.75, 3.05) is 0 Å². The summed E-state index contributed by atoms with van der Waals surface area (Å²) in [5.74, 6) is 0. The lowest BCUT2D eigenvalue weighted by atomic mass is 10.3. The summed E-state index contributed by atoms with van der Waals surface area (Å²) < 4.78 is 4.67. The van der Waals surface area contributed by atoms with Crippen molar-refractivity contribution in [3.8, 4) is 0 Å². The molecule has 0 aromatic carbocycles. The Hall–Kier alpha value is -1.77. The molecule has 2 aromatic rings. The summed E-state index contributed by atoms with van der Waals surface area (Å²) in [4.78, 5) is 3.05. The minimum Gasteiger partial charge on any atom is -0.364 e. The highest BCUT2D eigenvalue weighted by Gasteiger charge is 1.88. The summed E-state index contributed by atoms with van der Waals surface area (Å²) in [6.45, 7) is 0. The number of hydrogen-bond donors (Lipinski definition) is 1. The lowest BCUT2D eigenvalue weighted by Gasteiger charge is -1.82. The minimum absolute atomic E-state index is 0.824. The van der Waals surface area contributed by atoms with Crippen LogP contribution >= 0.6 is 0 Å². The van der Waals surface area contributed by atoms with Gasteiger partial charge in [-0.2, -0.15) is 0 Å². The van der Waals surface area contributed by atoms with Crippen LogP contribution in [0.4, 0.5) is 0 Å². The molecule has 3 heteroatoms. The van der Waals surface area contributed by atoms with E-state index in [1.807, 2.05) is 30.5 Å². The van der Waals surface area contributed by atoms with Gasteiger partial charge in [-0.3, -0.25) is 0 Å². The second-order valence-electron chi connectivity index (χ2n) is 2.38. The Morgan fingerprint density at radius 2 is 2.33 bits per heavy atom. The normalized spacial score (nSPS) is 11.0. The van der Waals surface area contributed by atoms with Crippen LogP contribution in [-0.2, 0) is 0 Å². The molecule has 0 aliphatic heterocycles. The van der Waals surface area contributed by atoms with Crippen molar-refractivity contribution >= 4 is 12.2 Å². The monoisotopic (exact) mass is 160 g/mol. The SMILES string of the molecule is C(=Cc1ccc[nH]1)c1ccon1. The van der Waals surface area contributed by atoms with Crippen LogP contribution in [0.5, 0.6) is 0 Å². The molecule has 0 spiro atoms. The van der Waals surface area contributed by atoms with E-state index in [0.29, 0.717) is 0 Å². The molecule has 2 aromatic heterocycles. The minimum atomic E-state index is 0.824. The maximum Gasteiger partial charge on any atom is 0.124 e. The van der Waals surface area contributed by atoms with Crippen molar-refractivity contribution < 1.29 is 4.52 Å². The Labute approximate surface area is 69.7 Å². The van der Waals surface area contributed by atoms with Gasteiger partial charge in [-0.1, -0.05) is 5.16 Å². The highest BCUT2D eigenvalue weighted by Crippen LogP contribution is 2.03. The van der Waals surface area contributed by atoms with Gasteiger partial charge in [-0.25, -0.2) is 0 Å². The standard InChI is InChI=1S/C9H8N2O/c1-2-8(10-6-1)3-4-9-5-7-12-11-9/h1-7,10H. The zero-order chi connectivity index (χ0) is 8.23. The van der Waals surface area contributed by atoms with Gasteiger partial charge < -0.3 is 9.51 Å². The second kappa shape index (κ2) is 3.09. The number of nitrogens with one attached hydrogen (secondary N) is 1. The molecule has 0 radical (unpaired) electrons. The Balaban J connectivity index is 2.14. The van der Waals surface area contributed by atoms with Crippen LogP contribution in [0.2, 0.25) is 0 Å². The molecule has 0 aliphatic rings. The largest absolute Gasteiger partial charge is 0.364 e. The Morgan fingerprint density at radius 3 is 3.00 bits per heavy atom. The zero-order valence-corrected chi connectivity index (χ0v) is 6.40. The predicted molar refractivity (Wildman–Crippen MR) is 46.2 cm³/mol. The van der Waals surface area contributed by atoms with E-state index in [1.165, 1.54) is 0 Å². The molecule has 60 valence electrons. The van der Waals surface area contributed by atoms with Gasteiger partial charge in [0.1, 0.15) is 12.0 Å². The van der Waals surface area contributed by atoms with Crippen LogP contribution in [0, 0.1) is 0 Å². The smallest absolute Gasteiger partial charge is 0.124 e. The van der Waals surface area contributed by atoms with E-state index in [-0.39, 0.29) is 0 Å². The lowest BCUT2D eigenvalue weighted by molar-refractivity contribution is 0.418. The molecule has 0 amide bonds. The highest BCUT2D eigenvalue weighted by atomic mass is 16.5. The lowest BCUT2D eigenvalue weighted by Crippen LogP contribution is -1.69. The molecular weight excluding hydrogens is 152 g/mol. The Kier molecular flexibility index (Phi) is 1.78. The molecule has 0 unspecified atom stereocenters. The number of aromatic amines is 1. The average molecular weight is 160 g/mol. The van der Waals surface area contributed by atoms with Gasteiger partial charge in [-0.15, -0.1) is 0 Å². The molecule has 0 saturated heterocycles. The van der Waals surface area contributed by atoms with Crippen LogP contribution in [-0.4, -0.2) is 10.1 Å². The third-order valence-corrected chi connectivity index (χ3v) is 1.51. The van der Waals surface area contributed by atoms with Gasteiger partial charge >= 0.3 is 0 Å². The number of rotatable bonds is 2. The first kappa shape index (κ1) is 6.91. The van der Waals surface area contributed by atoms with Crippen LogP contribution < -0.4 is 0 Å². The fourth-order valence-corrected chi connectivity index (χ4v) is 0.931. The first-order chi connectivity index (χ1) is 5.95. The molecule has 2 heterocycles. The number of aromatic nitrogens is 2. The van der Waals surface area contributed by atoms with E-state index < -0.39 is 0 Å². The molecular formula is C9H8N2O. The summed E-state index contributed by atoms with van der Waals surface area (Å²) in [5, 5.41) is 3.74. The van der Waals surface area contributed by atoms with Crippen LogP contribution in [0.3, 0.4) is 0 Å². The quantitative estimate of drug-likeness (QED) is 0.731. The van der Waals surface area contributed by atoms with Gasteiger partial charge in [0.15, 0.2) is 0 Å². The summed E-state index contributed by atoms with van der Waals surface area (Å²) in [7, 11) is 0. The van der Waals surface area contributed by atoms with Gasteiger partial charge in [0.25, 0.3) is 0 Å². The van der Waals surface area contributed by atoms with Gasteiger partial charge in [0.2, 0.25) is 0 Å². The molecule has 2 rings (SSSR count). The second-order valence-corrected chi connectivity index (χ2v) is 2.38. The fourth-order valence-electron chi connectivity index (χ4n) is 0.931. The Bertz CT molecular complexity index is 310. The molecule has 0 bridgehead atoms. The number of H-pyrrole nitrogens is 1. The van der Waals surface area contributed by atoms with Crippen LogP contribution in [0.15, 0.2) is 35.2 Å². The topological polar surface area (TPSA) is 41.8 Å². The van der Waals surface area contributed by atoms with E-state index >= 15 is 0 Å². The summed E-state index contributed by atoms with van der Waals surface area (Å²) in [6, 6.07) is 5.73. The van der Waals surface area contributed by atoms with Crippen molar-refractivity contribution in [3.63, 3.8) is 0 Å². The van der Waals surface area contributed by atoms with Gasteiger partial charge in [0.05, 0.1) is 0 Å². The van der Waals surface area contributed by atoms with E-state index in [2.05, 4.69) is 14.7 Å². The molecule has 3 nitrogen and oxygen atoms in total. The third-order valence-electron chi connectivity index (χ3n) is 1.51. The average Bonchev–Trinajstić information content (AvgIpc) is 2.74. The molecule has 0 aliphatic carbocycles. The van der Waals surface area contributed by atoms with Crippen LogP contribution in [0.25, 0.3) is 12.2 Å². The number of hydrogen-bond acceptors (Lipinski definition) is 2. The van der Waals surface area contributed by atoms with E-state index in [1.54, 1.807) is 12.3 Å². The molecule has 0 fully saturated rings. The van der Waals surface area contributed by atoms with Crippen molar-refractivity contribution in [1.29, 1.82) is 0 Å². The first-order valence-corrected chi connectivity index (χ1v) is 3.67. The maximum atomic E-state index is 4.67. The molecule has 12 heavy (non-hydrogen) atoms. The summed E-state index contributed by atoms with van der Waals surface area (Å²) >= 11 is 0. The van der Waals surface area contributed by atoms with Gasteiger partial charge in [-0.05, 0) is 24.3 Å². The van der Waals surface area contributed by atoms with Gasteiger partial charge in [0, 0.05) is 18.0 Å².